The molecule has 1 N–H and O–H groups in total. The SMILES string of the molecule is Cc1ccc(C2(O)CCCCC2)c(F)c1. The minimum absolute atomic E-state index is 0.264. The highest BCUT2D eigenvalue weighted by molar-refractivity contribution is 5.28. The average molecular weight is 208 g/mol. The van der Waals surface area contributed by atoms with E-state index in [1.165, 1.54) is 6.07 Å². The zero-order valence-corrected chi connectivity index (χ0v) is 9.09. The molecule has 0 aliphatic heterocycles. The summed E-state index contributed by atoms with van der Waals surface area (Å²) in [5.74, 6) is -0.264. The molecule has 1 aromatic rings. The Hall–Kier alpha value is -0.890. The van der Waals surface area contributed by atoms with E-state index in [1.807, 2.05) is 13.0 Å². The van der Waals surface area contributed by atoms with Crippen molar-refractivity contribution in [1.82, 2.24) is 0 Å². The van der Waals surface area contributed by atoms with E-state index in [0.29, 0.717) is 18.4 Å². The van der Waals surface area contributed by atoms with Crippen LogP contribution >= 0.6 is 0 Å². The Morgan fingerprint density at radius 3 is 2.47 bits per heavy atom. The number of rotatable bonds is 1. The number of benzene rings is 1. The molecule has 0 heterocycles. The smallest absolute Gasteiger partial charge is 0.129 e. The topological polar surface area (TPSA) is 20.2 Å². The second kappa shape index (κ2) is 3.93. The maximum atomic E-state index is 13.7. The van der Waals surface area contributed by atoms with Gasteiger partial charge in [-0.15, -0.1) is 0 Å². The molecule has 1 fully saturated rings. The lowest BCUT2D eigenvalue weighted by molar-refractivity contribution is -0.00374. The fourth-order valence-electron chi connectivity index (χ4n) is 2.40. The van der Waals surface area contributed by atoms with Crippen LogP contribution in [0.5, 0.6) is 0 Å². The van der Waals surface area contributed by atoms with Crippen molar-refractivity contribution in [3.63, 3.8) is 0 Å². The fraction of sp³-hybridized carbons (Fsp3) is 0.538. The van der Waals surface area contributed by atoms with Gasteiger partial charge in [-0.1, -0.05) is 31.4 Å². The quantitative estimate of drug-likeness (QED) is 0.750. The molecule has 0 radical (unpaired) electrons. The van der Waals surface area contributed by atoms with Crippen molar-refractivity contribution >= 4 is 0 Å². The van der Waals surface area contributed by atoms with Crippen molar-refractivity contribution in [1.29, 1.82) is 0 Å². The summed E-state index contributed by atoms with van der Waals surface area (Å²) < 4.78 is 13.7. The Kier molecular flexibility index (Phi) is 2.79. The Morgan fingerprint density at radius 2 is 1.87 bits per heavy atom. The minimum atomic E-state index is -0.921. The van der Waals surface area contributed by atoms with Crippen LogP contribution in [0.1, 0.15) is 43.2 Å². The summed E-state index contributed by atoms with van der Waals surface area (Å²) in [6.45, 7) is 1.86. The van der Waals surface area contributed by atoms with E-state index in [9.17, 15) is 9.50 Å². The van der Waals surface area contributed by atoms with Gasteiger partial charge in [0.2, 0.25) is 0 Å². The van der Waals surface area contributed by atoms with Crippen LogP contribution in [-0.2, 0) is 5.60 Å². The summed E-state index contributed by atoms with van der Waals surface area (Å²) in [6, 6.07) is 5.10. The second-order valence-corrected chi connectivity index (χ2v) is 4.58. The summed E-state index contributed by atoms with van der Waals surface area (Å²) in [4.78, 5) is 0. The van der Waals surface area contributed by atoms with Crippen molar-refractivity contribution in [2.75, 3.05) is 0 Å². The number of hydrogen-bond acceptors (Lipinski definition) is 1. The van der Waals surface area contributed by atoms with Gasteiger partial charge in [-0.2, -0.15) is 0 Å². The summed E-state index contributed by atoms with van der Waals surface area (Å²) in [7, 11) is 0. The predicted molar refractivity (Wildman–Crippen MR) is 58.1 cm³/mol. The van der Waals surface area contributed by atoms with E-state index in [4.69, 9.17) is 0 Å². The summed E-state index contributed by atoms with van der Waals surface area (Å²) in [5.41, 5.74) is 0.458. The Balaban J connectivity index is 2.35. The Labute approximate surface area is 89.9 Å². The largest absolute Gasteiger partial charge is 0.385 e. The van der Waals surface area contributed by atoms with E-state index in [2.05, 4.69) is 0 Å². The zero-order chi connectivity index (χ0) is 10.9. The minimum Gasteiger partial charge on any atom is -0.385 e. The highest BCUT2D eigenvalue weighted by Gasteiger charge is 2.33. The second-order valence-electron chi connectivity index (χ2n) is 4.58. The van der Waals surface area contributed by atoms with E-state index in [1.54, 1.807) is 6.07 Å². The van der Waals surface area contributed by atoms with Gasteiger partial charge in [0.25, 0.3) is 0 Å². The van der Waals surface area contributed by atoms with Crippen LogP contribution in [-0.4, -0.2) is 5.11 Å². The van der Waals surface area contributed by atoms with Gasteiger partial charge in [0, 0.05) is 5.56 Å². The van der Waals surface area contributed by atoms with Gasteiger partial charge >= 0.3 is 0 Å². The van der Waals surface area contributed by atoms with Crippen LogP contribution in [0, 0.1) is 12.7 Å². The molecule has 0 aromatic heterocycles. The third-order valence-electron chi connectivity index (χ3n) is 3.31. The molecule has 1 saturated carbocycles. The monoisotopic (exact) mass is 208 g/mol. The molecule has 0 unspecified atom stereocenters. The third-order valence-corrected chi connectivity index (χ3v) is 3.31. The van der Waals surface area contributed by atoms with Crippen molar-refractivity contribution in [2.24, 2.45) is 0 Å². The molecule has 0 spiro atoms. The number of halogens is 1. The van der Waals surface area contributed by atoms with Crippen molar-refractivity contribution in [2.45, 2.75) is 44.6 Å². The molecular weight excluding hydrogens is 191 g/mol. The van der Waals surface area contributed by atoms with E-state index in [0.717, 1.165) is 24.8 Å². The number of hydrogen-bond donors (Lipinski definition) is 1. The molecule has 0 bridgehead atoms. The van der Waals surface area contributed by atoms with Crippen LogP contribution in [0.15, 0.2) is 18.2 Å². The molecule has 0 amide bonds. The van der Waals surface area contributed by atoms with Gasteiger partial charge in [0.1, 0.15) is 5.82 Å². The van der Waals surface area contributed by atoms with E-state index in [-0.39, 0.29) is 5.82 Å². The van der Waals surface area contributed by atoms with Crippen molar-refractivity contribution in [3.8, 4) is 0 Å². The summed E-state index contributed by atoms with van der Waals surface area (Å²) in [5, 5.41) is 10.4. The lowest BCUT2D eigenvalue weighted by Crippen LogP contribution is -2.29. The van der Waals surface area contributed by atoms with Gasteiger partial charge in [-0.3, -0.25) is 0 Å². The molecule has 15 heavy (non-hydrogen) atoms. The number of aliphatic hydroxyl groups is 1. The normalized spacial score (nSPS) is 20.2. The summed E-state index contributed by atoms with van der Waals surface area (Å²) in [6.07, 6.45) is 4.50. The van der Waals surface area contributed by atoms with E-state index < -0.39 is 5.60 Å². The lowest BCUT2D eigenvalue weighted by Gasteiger charge is -2.32. The maximum Gasteiger partial charge on any atom is 0.129 e. The number of aryl methyl sites for hydroxylation is 1. The molecule has 0 saturated heterocycles. The van der Waals surface area contributed by atoms with Gasteiger partial charge < -0.3 is 5.11 Å². The molecule has 2 heteroatoms. The van der Waals surface area contributed by atoms with Gasteiger partial charge in [0.05, 0.1) is 5.60 Å². The first-order valence-electron chi connectivity index (χ1n) is 5.61. The van der Waals surface area contributed by atoms with Crippen molar-refractivity contribution < 1.29 is 9.50 Å². The Morgan fingerprint density at radius 1 is 1.20 bits per heavy atom. The lowest BCUT2D eigenvalue weighted by atomic mass is 9.79. The molecule has 82 valence electrons. The Bertz CT molecular complexity index is 354. The van der Waals surface area contributed by atoms with Gasteiger partial charge in [0.15, 0.2) is 0 Å². The predicted octanol–water partition coefficient (Wildman–Crippen LogP) is 3.29. The first-order chi connectivity index (χ1) is 7.12. The van der Waals surface area contributed by atoms with Crippen LogP contribution in [0.4, 0.5) is 4.39 Å². The highest BCUT2D eigenvalue weighted by atomic mass is 19.1. The average Bonchev–Trinajstić information content (AvgIpc) is 2.18. The maximum absolute atomic E-state index is 13.7. The zero-order valence-electron chi connectivity index (χ0n) is 9.09. The summed E-state index contributed by atoms with van der Waals surface area (Å²) >= 11 is 0. The van der Waals surface area contributed by atoms with Gasteiger partial charge in [-0.05, 0) is 31.4 Å². The van der Waals surface area contributed by atoms with E-state index >= 15 is 0 Å². The fourth-order valence-corrected chi connectivity index (χ4v) is 2.40. The molecular formula is C13H17FO. The molecule has 0 atom stereocenters. The van der Waals surface area contributed by atoms with Crippen LogP contribution in [0.2, 0.25) is 0 Å². The first-order valence-corrected chi connectivity index (χ1v) is 5.61. The molecule has 1 aliphatic rings. The molecule has 2 rings (SSSR count). The van der Waals surface area contributed by atoms with Crippen LogP contribution in [0.3, 0.4) is 0 Å². The third kappa shape index (κ3) is 2.05. The molecule has 1 aliphatic carbocycles. The van der Waals surface area contributed by atoms with Gasteiger partial charge in [-0.25, -0.2) is 4.39 Å². The standard InChI is InChI=1S/C13H17FO/c1-10-5-6-11(12(14)9-10)13(15)7-3-2-4-8-13/h5-6,9,15H,2-4,7-8H2,1H3. The molecule has 1 aromatic carbocycles. The van der Waals surface area contributed by atoms with Crippen LogP contribution in [0.25, 0.3) is 0 Å². The van der Waals surface area contributed by atoms with Crippen LogP contribution < -0.4 is 0 Å². The van der Waals surface area contributed by atoms with Crippen molar-refractivity contribution in [3.05, 3.63) is 35.1 Å². The first kappa shape index (κ1) is 10.6. The highest BCUT2D eigenvalue weighted by Crippen LogP contribution is 2.38. The molecule has 1 nitrogen and oxygen atoms in total.